The molecule has 4 N–H and O–H groups in total. The molecule has 0 unspecified atom stereocenters. The van der Waals surface area contributed by atoms with Gasteiger partial charge in [0, 0.05) is 0 Å². The lowest BCUT2D eigenvalue weighted by atomic mass is 10.3. The van der Waals surface area contributed by atoms with E-state index in [0.717, 1.165) is 0 Å². The molecule has 0 saturated carbocycles. The van der Waals surface area contributed by atoms with Gasteiger partial charge in [-0.25, -0.2) is 0 Å². The summed E-state index contributed by atoms with van der Waals surface area (Å²) < 4.78 is 0. The van der Waals surface area contributed by atoms with Gasteiger partial charge in [-0.15, -0.1) is 0 Å². The van der Waals surface area contributed by atoms with E-state index in [9.17, 15) is 0 Å². The third-order valence-corrected chi connectivity index (χ3v) is 0.955. The monoisotopic (exact) mass is 112 g/mol. The Balaban J connectivity index is 4.04. The predicted octanol–water partition coefficient (Wildman–Crippen LogP) is 0.711. The molecule has 0 aromatic carbocycles. The summed E-state index contributed by atoms with van der Waals surface area (Å²) in [6, 6.07) is 0. The molecule has 2 nitrogen and oxygen atoms in total. The molecule has 0 aromatic heterocycles. The molecule has 0 aromatic rings. The van der Waals surface area contributed by atoms with E-state index in [-0.39, 0.29) is 0 Å². The molecule has 46 valence electrons. The number of nitrogens with two attached hydrogens (primary N) is 2. The maximum Gasteiger partial charge on any atom is 0.0501 e. The zero-order valence-corrected chi connectivity index (χ0v) is 5.31. The van der Waals surface area contributed by atoms with E-state index in [4.69, 9.17) is 11.5 Å². The Labute approximate surface area is 49.9 Å². The van der Waals surface area contributed by atoms with Crippen LogP contribution in [0.1, 0.15) is 13.8 Å². The van der Waals surface area contributed by atoms with Crippen molar-refractivity contribution in [3.05, 3.63) is 23.5 Å². The topological polar surface area (TPSA) is 52.0 Å². The molecule has 0 rings (SSSR count). The molecule has 0 fully saturated rings. The molecule has 0 aliphatic rings. The maximum atomic E-state index is 5.39. The van der Waals surface area contributed by atoms with Crippen molar-refractivity contribution in [2.45, 2.75) is 13.8 Å². The summed E-state index contributed by atoms with van der Waals surface area (Å²) in [6.45, 7) is 3.71. The fourth-order valence-electron chi connectivity index (χ4n) is 0.333. The van der Waals surface area contributed by atoms with Crippen LogP contribution in [0.25, 0.3) is 0 Å². The van der Waals surface area contributed by atoms with Crippen LogP contribution in [0.5, 0.6) is 0 Å². The van der Waals surface area contributed by atoms with Crippen molar-refractivity contribution in [1.82, 2.24) is 0 Å². The first kappa shape index (κ1) is 7.08. The Hall–Kier alpha value is -0.920. The van der Waals surface area contributed by atoms with Gasteiger partial charge in [-0.05, 0) is 13.8 Å². The van der Waals surface area contributed by atoms with Gasteiger partial charge in [-0.2, -0.15) is 0 Å². The summed E-state index contributed by atoms with van der Waals surface area (Å²) in [5.74, 6) is 0. The SMILES string of the molecule is C/C=C(N)/C(N)=C/C. The van der Waals surface area contributed by atoms with Crippen molar-refractivity contribution < 1.29 is 0 Å². The van der Waals surface area contributed by atoms with Gasteiger partial charge < -0.3 is 11.5 Å². The minimum Gasteiger partial charge on any atom is -0.397 e. The van der Waals surface area contributed by atoms with E-state index >= 15 is 0 Å². The zero-order valence-electron chi connectivity index (χ0n) is 5.31. The largest absolute Gasteiger partial charge is 0.397 e. The van der Waals surface area contributed by atoms with Crippen LogP contribution in [0.3, 0.4) is 0 Å². The minimum atomic E-state index is 0.646. The molecule has 0 spiro atoms. The molecular weight excluding hydrogens is 100 g/mol. The first-order valence-electron chi connectivity index (χ1n) is 2.56. The second-order valence-corrected chi connectivity index (χ2v) is 1.49. The molecule has 0 atom stereocenters. The highest BCUT2D eigenvalue weighted by atomic mass is 14.7. The Morgan fingerprint density at radius 3 is 1.38 bits per heavy atom. The second kappa shape index (κ2) is 3.13. The Kier molecular flexibility index (Phi) is 2.77. The number of hydrogen-bond acceptors (Lipinski definition) is 2. The summed E-state index contributed by atoms with van der Waals surface area (Å²) in [5.41, 5.74) is 12.1. The van der Waals surface area contributed by atoms with E-state index in [1.54, 1.807) is 12.2 Å². The van der Waals surface area contributed by atoms with Crippen molar-refractivity contribution in [3.63, 3.8) is 0 Å². The van der Waals surface area contributed by atoms with Crippen molar-refractivity contribution in [1.29, 1.82) is 0 Å². The van der Waals surface area contributed by atoms with E-state index in [1.165, 1.54) is 0 Å². The quantitative estimate of drug-likeness (QED) is 0.491. The molecule has 0 aliphatic heterocycles. The predicted molar refractivity (Wildman–Crippen MR) is 35.9 cm³/mol. The van der Waals surface area contributed by atoms with Gasteiger partial charge in [0.1, 0.15) is 0 Å². The van der Waals surface area contributed by atoms with Gasteiger partial charge in [0.15, 0.2) is 0 Å². The van der Waals surface area contributed by atoms with Crippen LogP contribution in [0.4, 0.5) is 0 Å². The molecular formula is C6H12N2. The fourth-order valence-corrected chi connectivity index (χ4v) is 0.333. The van der Waals surface area contributed by atoms with Crippen LogP contribution in [-0.2, 0) is 0 Å². The van der Waals surface area contributed by atoms with Crippen molar-refractivity contribution in [3.8, 4) is 0 Å². The normalized spacial score (nSPS) is 14.2. The molecule has 0 saturated heterocycles. The van der Waals surface area contributed by atoms with E-state index in [2.05, 4.69) is 0 Å². The Morgan fingerprint density at radius 2 is 1.25 bits per heavy atom. The van der Waals surface area contributed by atoms with Crippen LogP contribution in [-0.4, -0.2) is 0 Å². The Bertz CT molecular complexity index is 106. The highest BCUT2D eigenvalue weighted by molar-refractivity contribution is 5.23. The van der Waals surface area contributed by atoms with Gasteiger partial charge in [-0.1, -0.05) is 12.2 Å². The maximum absolute atomic E-state index is 5.39. The van der Waals surface area contributed by atoms with Crippen LogP contribution in [0.15, 0.2) is 23.5 Å². The van der Waals surface area contributed by atoms with Gasteiger partial charge in [0.05, 0.1) is 11.4 Å². The summed E-state index contributed by atoms with van der Waals surface area (Å²) in [5, 5.41) is 0. The van der Waals surface area contributed by atoms with Gasteiger partial charge in [0.25, 0.3) is 0 Å². The lowest BCUT2D eigenvalue weighted by Gasteiger charge is -1.96. The molecule has 0 radical (unpaired) electrons. The van der Waals surface area contributed by atoms with Crippen molar-refractivity contribution in [2.24, 2.45) is 11.5 Å². The highest BCUT2D eigenvalue weighted by Crippen LogP contribution is 1.92. The second-order valence-electron chi connectivity index (χ2n) is 1.49. The minimum absolute atomic E-state index is 0.646. The summed E-state index contributed by atoms with van der Waals surface area (Å²) >= 11 is 0. The molecule has 0 aliphatic carbocycles. The average molecular weight is 112 g/mol. The number of rotatable bonds is 1. The first-order chi connectivity index (χ1) is 3.72. The zero-order chi connectivity index (χ0) is 6.57. The van der Waals surface area contributed by atoms with Crippen LogP contribution in [0.2, 0.25) is 0 Å². The van der Waals surface area contributed by atoms with Gasteiger partial charge in [0.2, 0.25) is 0 Å². The smallest absolute Gasteiger partial charge is 0.0501 e. The van der Waals surface area contributed by atoms with E-state index in [0.29, 0.717) is 11.4 Å². The molecule has 8 heavy (non-hydrogen) atoms. The fraction of sp³-hybridized carbons (Fsp3) is 0.333. The van der Waals surface area contributed by atoms with Gasteiger partial charge in [-0.3, -0.25) is 0 Å². The van der Waals surface area contributed by atoms with Crippen LogP contribution >= 0.6 is 0 Å². The number of hydrogen-bond donors (Lipinski definition) is 2. The van der Waals surface area contributed by atoms with Crippen molar-refractivity contribution in [2.75, 3.05) is 0 Å². The van der Waals surface area contributed by atoms with E-state index < -0.39 is 0 Å². The highest BCUT2D eigenvalue weighted by Gasteiger charge is 1.86. The standard InChI is InChI=1S/C6H12N2/c1-3-5(7)6(8)4-2/h3-4H,7-8H2,1-2H3/b5-3-,6-4-. The third-order valence-electron chi connectivity index (χ3n) is 0.955. The lowest BCUT2D eigenvalue weighted by molar-refractivity contribution is 1.22. The van der Waals surface area contributed by atoms with Crippen LogP contribution < -0.4 is 11.5 Å². The molecule has 0 bridgehead atoms. The number of allylic oxidation sites excluding steroid dienone is 2. The van der Waals surface area contributed by atoms with Crippen molar-refractivity contribution >= 4 is 0 Å². The molecule has 0 heterocycles. The Morgan fingerprint density at radius 1 is 1.00 bits per heavy atom. The molecule has 0 amide bonds. The lowest BCUT2D eigenvalue weighted by Crippen LogP contribution is -2.07. The van der Waals surface area contributed by atoms with E-state index in [1.807, 2.05) is 13.8 Å². The third kappa shape index (κ3) is 1.69. The van der Waals surface area contributed by atoms with Crippen LogP contribution in [0, 0.1) is 0 Å². The first-order valence-corrected chi connectivity index (χ1v) is 2.56. The summed E-state index contributed by atoms with van der Waals surface area (Å²) in [6.07, 6.45) is 3.55. The molecule has 2 heteroatoms. The summed E-state index contributed by atoms with van der Waals surface area (Å²) in [4.78, 5) is 0. The average Bonchev–Trinajstić information content (AvgIpc) is 1.84. The van der Waals surface area contributed by atoms with Gasteiger partial charge >= 0.3 is 0 Å². The summed E-state index contributed by atoms with van der Waals surface area (Å²) in [7, 11) is 0.